The van der Waals surface area contributed by atoms with Crippen LogP contribution in [0.4, 0.5) is 5.82 Å². The normalized spacial score (nSPS) is 11.1. The summed E-state index contributed by atoms with van der Waals surface area (Å²) < 4.78 is 7.33. The van der Waals surface area contributed by atoms with E-state index in [0.29, 0.717) is 19.6 Å². The molecule has 0 atom stereocenters. The Morgan fingerprint density at radius 1 is 1.07 bits per heavy atom. The van der Waals surface area contributed by atoms with Gasteiger partial charge in [-0.1, -0.05) is 18.2 Å². The van der Waals surface area contributed by atoms with Gasteiger partial charge in [-0.05, 0) is 51.0 Å². The Balaban J connectivity index is 2.17. The Labute approximate surface area is 166 Å². The number of hydrogen-bond acceptors (Lipinski definition) is 4. The molecule has 0 spiro atoms. The van der Waals surface area contributed by atoms with Crippen LogP contribution in [0.15, 0.2) is 47.4 Å². The Bertz CT molecular complexity index is 989. The summed E-state index contributed by atoms with van der Waals surface area (Å²) in [6.07, 6.45) is 2.51. The molecular weight excluding hydrogens is 350 g/mol. The van der Waals surface area contributed by atoms with E-state index < -0.39 is 0 Å². The van der Waals surface area contributed by atoms with E-state index in [2.05, 4.69) is 29.8 Å². The van der Waals surface area contributed by atoms with Gasteiger partial charge in [-0.2, -0.15) is 0 Å². The van der Waals surface area contributed by atoms with Gasteiger partial charge in [-0.15, -0.1) is 0 Å². The van der Waals surface area contributed by atoms with Gasteiger partial charge in [0.25, 0.3) is 5.56 Å². The maximum atomic E-state index is 13.3. The van der Waals surface area contributed by atoms with Crippen molar-refractivity contribution in [2.75, 3.05) is 31.2 Å². The van der Waals surface area contributed by atoms with Gasteiger partial charge in [0.15, 0.2) is 0 Å². The highest BCUT2D eigenvalue weighted by Crippen LogP contribution is 2.28. The number of rotatable bonds is 8. The third-order valence-electron chi connectivity index (χ3n) is 5.24. The van der Waals surface area contributed by atoms with Gasteiger partial charge in [0.2, 0.25) is 0 Å². The minimum atomic E-state index is 0.00240. The zero-order valence-electron chi connectivity index (χ0n) is 17.2. The average Bonchev–Trinajstić information content (AvgIpc) is 2.73. The fourth-order valence-electron chi connectivity index (χ4n) is 3.71. The molecule has 5 nitrogen and oxygen atoms in total. The smallest absolute Gasteiger partial charge is 0.258 e. The second-order valence-corrected chi connectivity index (χ2v) is 6.76. The highest BCUT2D eigenvalue weighted by Gasteiger charge is 2.17. The van der Waals surface area contributed by atoms with E-state index in [1.54, 1.807) is 4.57 Å². The van der Waals surface area contributed by atoms with E-state index in [1.165, 1.54) is 0 Å². The van der Waals surface area contributed by atoms with Crippen LogP contribution in [-0.2, 0) is 18.2 Å². The number of para-hydroxylation sites is 1. The lowest BCUT2D eigenvalue weighted by atomic mass is 9.96. The average molecular weight is 380 g/mol. The molecule has 0 aliphatic rings. The molecule has 3 rings (SSSR count). The van der Waals surface area contributed by atoms with Crippen molar-refractivity contribution in [2.24, 2.45) is 7.05 Å². The van der Waals surface area contributed by atoms with E-state index in [-0.39, 0.29) is 5.56 Å². The molecule has 2 aromatic heterocycles. The van der Waals surface area contributed by atoms with Crippen LogP contribution < -0.4 is 10.5 Å². The predicted octanol–water partition coefficient (Wildman–Crippen LogP) is 4.03. The van der Waals surface area contributed by atoms with Crippen LogP contribution in [0.2, 0.25) is 0 Å². The first-order valence-corrected chi connectivity index (χ1v) is 10.0. The molecular formula is C23H29N3O2. The second kappa shape index (κ2) is 9.02. The Hall–Kier alpha value is -2.66. The van der Waals surface area contributed by atoms with Crippen molar-refractivity contribution in [3.05, 3.63) is 58.5 Å². The molecule has 0 radical (unpaired) electrons. The summed E-state index contributed by atoms with van der Waals surface area (Å²) >= 11 is 0. The Morgan fingerprint density at radius 2 is 1.82 bits per heavy atom. The molecule has 0 amide bonds. The second-order valence-electron chi connectivity index (χ2n) is 6.76. The minimum Gasteiger partial charge on any atom is -0.381 e. The topological polar surface area (TPSA) is 47.4 Å². The molecule has 0 aliphatic heterocycles. The molecule has 0 unspecified atom stereocenters. The number of aryl methyl sites for hydroxylation is 1. The van der Waals surface area contributed by atoms with Crippen molar-refractivity contribution in [1.29, 1.82) is 0 Å². The van der Waals surface area contributed by atoms with Crippen molar-refractivity contribution in [3.63, 3.8) is 0 Å². The van der Waals surface area contributed by atoms with Crippen molar-refractivity contribution >= 4 is 16.7 Å². The molecule has 0 saturated heterocycles. The molecule has 28 heavy (non-hydrogen) atoms. The van der Waals surface area contributed by atoms with Gasteiger partial charge in [0.1, 0.15) is 5.82 Å². The molecule has 0 fully saturated rings. The van der Waals surface area contributed by atoms with E-state index in [9.17, 15) is 4.79 Å². The van der Waals surface area contributed by atoms with Crippen LogP contribution >= 0.6 is 0 Å². The maximum absolute atomic E-state index is 13.3. The number of aromatic nitrogens is 2. The van der Waals surface area contributed by atoms with Crippen molar-refractivity contribution in [3.8, 4) is 11.1 Å². The number of fused-ring (bicyclic) bond motifs is 1. The maximum Gasteiger partial charge on any atom is 0.258 e. The van der Waals surface area contributed by atoms with E-state index >= 15 is 0 Å². The Morgan fingerprint density at radius 3 is 2.46 bits per heavy atom. The summed E-state index contributed by atoms with van der Waals surface area (Å²) in [7, 11) is 1.83. The number of nitrogens with zero attached hydrogens (tertiary/aromatic N) is 3. The molecule has 5 heteroatoms. The van der Waals surface area contributed by atoms with Crippen LogP contribution in [0.5, 0.6) is 0 Å². The number of hydrogen-bond donors (Lipinski definition) is 0. The van der Waals surface area contributed by atoms with Crippen LogP contribution in [0.3, 0.4) is 0 Å². The van der Waals surface area contributed by atoms with Gasteiger partial charge in [0.05, 0.1) is 17.7 Å². The SMILES string of the molecule is CCOCCc1c(-c2ccc(N(CC)CC)nc2)c(=O)n(C)c2ccccc12. The summed E-state index contributed by atoms with van der Waals surface area (Å²) in [6, 6.07) is 12.1. The van der Waals surface area contributed by atoms with Crippen molar-refractivity contribution in [1.82, 2.24) is 9.55 Å². The lowest BCUT2D eigenvalue weighted by molar-refractivity contribution is 0.151. The van der Waals surface area contributed by atoms with Gasteiger partial charge >= 0.3 is 0 Å². The number of benzene rings is 1. The quantitative estimate of drug-likeness (QED) is 0.555. The molecule has 3 aromatic rings. The molecule has 0 saturated carbocycles. The molecule has 1 aromatic carbocycles. The third-order valence-corrected chi connectivity index (χ3v) is 5.24. The number of ether oxygens (including phenoxy) is 1. The van der Waals surface area contributed by atoms with E-state index in [0.717, 1.165) is 46.5 Å². The molecule has 148 valence electrons. The van der Waals surface area contributed by atoms with E-state index in [1.807, 2.05) is 50.5 Å². The number of pyridine rings is 2. The predicted molar refractivity (Wildman–Crippen MR) is 116 cm³/mol. The summed E-state index contributed by atoms with van der Waals surface area (Å²) in [4.78, 5) is 20.1. The highest BCUT2D eigenvalue weighted by atomic mass is 16.5. The fraction of sp³-hybridized carbons (Fsp3) is 0.391. The summed E-state index contributed by atoms with van der Waals surface area (Å²) in [6.45, 7) is 9.27. The first-order chi connectivity index (χ1) is 13.6. The van der Waals surface area contributed by atoms with Crippen LogP contribution in [-0.4, -0.2) is 35.9 Å². The zero-order valence-corrected chi connectivity index (χ0v) is 17.2. The van der Waals surface area contributed by atoms with Gasteiger partial charge in [0, 0.05) is 43.9 Å². The number of anilines is 1. The van der Waals surface area contributed by atoms with Gasteiger partial charge in [-0.25, -0.2) is 4.98 Å². The van der Waals surface area contributed by atoms with Crippen LogP contribution in [0.1, 0.15) is 26.3 Å². The first kappa shape index (κ1) is 20.1. The lowest BCUT2D eigenvalue weighted by Gasteiger charge is -2.20. The molecule has 0 bridgehead atoms. The first-order valence-electron chi connectivity index (χ1n) is 10.0. The molecule has 2 heterocycles. The molecule has 0 aliphatic carbocycles. The lowest BCUT2D eigenvalue weighted by Crippen LogP contribution is -2.23. The summed E-state index contributed by atoms with van der Waals surface area (Å²) in [5.74, 6) is 0.933. The standard InChI is InChI=1S/C23H29N3O2/c1-5-26(6-2)21-13-12-17(16-24-21)22-19(14-15-28-7-3)18-10-8-9-11-20(18)25(4)23(22)27/h8-13,16H,5-7,14-15H2,1-4H3. The summed E-state index contributed by atoms with van der Waals surface area (Å²) in [5.41, 5.74) is 3.55. The largest absolute Gasteiger partial charge is 0.381 e. The highest BCUT2D eigenvalue weighted by molar-refractivity contribution is 5.89. The fourth-order valence-corrected chi connectivity index (χ4v) is 3.71. The Kier molecular flexibility index (Phi) is 6.47. The van der Waals surface area contributed by atoms with Gasteiger partial charge in [-0.3, -0.25) is 4.79 Å². The summed E-state index contributed by atoms with van der Waals surface area (Å²) in [5, 5.41) is 1.09. The monoisotopic (exact) mass is 379 g/mol. The molecule has 0 N–H and O–H groups in total. The minimum absolute atomic E-state index is 0.00240. The van der Waals surface area contributed by atoms with Gasteiger partial charge < -0.3 is 14.2 Å². The van der Waals surface area contributed by atoms with E-state index in [4.69, 9.17) is 4.74 Å². The van der Waals surface area contributed by atoms with Crippen LogP contribution in [0.25, 0.3) is 22.0 Å². The van der Waals surface area contributed by atoms with Crippen molar-refractivity contribution < 1.29 is 4.74 Å². The third kappa shape index (κ3) is 3.80. The van der Waals surface area contributed by atoms with Crippen molar-refractivity contribution in [2.45, 2.75) is 27.2 Å². The zero-order chi connectivity index (χ0) is 20.1. The van der Waals surface area contributed by atoms with Crippen LogP contribution in [0, 0.1) is 0 Å².